The molecule has 0 spiro atoms. The normalized spacial score (nSPS) is 23.3. The van der Waals surface area contributed by atoms with Crippen molar-refractivity contribution in [3.63, 3.8) is 0 Å². The first-order valence-corrected chi connectivity index (χ1v) is 11.8. The van der Waals surface area contributed by atoms with Gasteiger partial charge >= 0.3 is 0 Å². The molecule has 0 saturated heterocycles. The van der Waals surface area contributed by atoms with Crippen LogP contribution in [-0.2, 0) is 4.79 Å². The molecule has 2 aliphatic rings. The van der Waals surface area contributed by atoms with Crippen LogP contribution in [0.3, 0.4) is 0 Å². The van der Waals surface area contributed by atoms with Crippen molar-refractivity contribution in [2.75, 3.05) is 20.8 Å². The fourth-order valence-corrected chi connectivity index (χ4v) is 5.45. The van der Waals surface area contributed by atoms with Crippen molar-refractivity contribution < 1.29 is 19.0 Å². The van der Waals surface area contributed by atoms with E-state index in [1.165, 1.54) is 45.4 Å². The topological polar surface area (TPSA) is 56.8 Å². The molecule has 2 fully saturated rings. The van der Waals surface area contributed by atoms with Crippen LogP contribution in [-0.4, -0.2) is 32.7 Å². The van der Waals surface area contributed by atoms with Crippen molar-refractivity contribution >= 4 is 5.78 Å². The van der Waals surface area contributed by atoms with E-state index in [0.29, 0.717) is 11.8 Å². The molecule has 2 aromatic carbocycles. The quantitative estimate of drug-likeness (QED) is 0.575. The van der Waals surface area contributed by atoms with Crippen molar-refractivity contribution in [2.24, 2.45) is 11.8 Å². The summed E-state index contributed by atoms with van der Waals surface area (Å²) in [6.07, 6.45) is 7.97. The van der Waals surface area contributed by atoms with E-state index < -0.39 is 0 Å². The first-order chi connectivity index (χ1) is 15.6. The summed E-state index contributed by atoms with van der Waals surface area (Å²) in [6.45, 7) is 1.63. The number of methoxy groups -OCH3 is 2. The van der Waals surface area contributed by atoms with Crippen LogP contribution < -0.4 is 19.5 Å². The lowest BCUT2D eigenvalue weighted by molar-refractivity contribution is -0.118. The zero-order valence-corrected chi connectivity index (χ0v) is 19.4. The summed E-state index contributed by atoms with van der Waals surface area (Å²) < 4.78 is 16.7. The number of ketones is 1. The van der Waals surface area contributed by atoms with Crippen LogP contribution in [0.2, 0.25) is 0 Å². The number of Topliss-reactive ketones (excluding diaryl/α,β-unsaturated/α-hetero) is 1. The third-order valence-electron chi connectivity index (χ3n) is 7.10. The number of carbonyl (C=O) groups is 1. The number of benzene rings is 2. The van der Waals surface area contributed by atoms with Crippen molar-refractivity contribution in [2.45, 2.75) is 57.5 Å². The largest absolute Gasteiger partial charge is 0.497 e. The number of carbonyl (C=O) groups excluding carboxylic acids is 1. The molecule has 0 heterocycles. The summed E-state index contributed by atoms with van der Waals surface area (Å²) in [7, 11) is 3.38. The highest BCUT2D eigenvalue weighted by atomic mass is 16.5. The highest BCUT2D eigenvalue weighted by molar-refractivity contribution is 5.77. The molecule has 0 bridgehead atoms. The molecule has 172 valence electrons. The predicted octanol–water partition coefficient (Wildman–Crippen LogP) is 5.32. The average Bonchev–Trinajstić information content (AvgIpc) is 3.29. The highest BCUT2D eigenvalue weighted by Crippen LogP contribution is 2.43. The monoisotopic (exact) mass is 437 g/mol. The van der Waals surface area contributed by atoms with Gasteiger partial charge in [-0.05, 0) is 67.9 Å². The van der Waals surface area contributed by atoms with E-state index in [-0.39, 0.29) is 18.4 Å². The minimum Gasteiger partial charge on any atom is -0.497 e. The molecule has 2 unspecified atom stereocenters. The Morgan fingerprint density at radius 3 is 2.44 bits per heavy atom. The molecule has 2 aromatic rings. The Hall–Kier alpha value is -2.53. The van der Waals surface area contributed by atoms with Gasteiger partial charge in [-0.2, -0.15) is 0 Å². The second-order valence-electron chi connectivity index (χ2n) is 9.23. The predicted molar refractivity (Wildman–Crippen MR) is 126 cm³/mol. The van der Waals surface area contributed by atoms with Gasteiger partial charge in [0.1, 0.15) is 23.9 Å². The molecule has 0 amide bonds. The Labute approximate surface area is 191 Å². The van der Waals surface area contributed by atoms with Crippen LogP contribution in [0, 0.1) is 11.8 Å². The number of hydrogen-bond donors (Lipinski definition) is 1. The van der Waals surface area contributed by atoms with Gasteiger partial charge in [-0.25, -0.2) is 0 Å². The number of fused-ring (bicyclic) bond motifs is 1. The van der Waals surface area contributed by atoms with Gasteiger partial charge in [0.25, 0.3) is 0 Å². The van der Waals surface area contributed by atoms with Crippen molar-refractivity contribution in [1.29, 1.82) is 0 Å². The molecule has 32 heavy (non-hydrogen) atoms. The van der Waals surface area contributed by atoms with Crippen LogP contribution in [0.1, 0.15) is 62.6 Å². The molecule has 2 saturated carbocycles. The Morgan fingerprint density at radius 2 is 1.72 bits per heavy atom. The minimum absolute atomic E-state index is 0.000617. The van der Waals surface area contributed by atoms with E-state index in [1.807, 2.05) is 24.3 Å². The summed E-state index contributed by atoms with van der Waals surface area (Å²) in [4.78, 5) is 11.2. The zero-order chi connectivity index (χ0) is 22.5. The van der Waals surface area contributed by atoms with Crippen molar-refractivity contribution in [3.8, 4) is 17.2 Å². The van der Waals surface area contributed by atoms with Gasteiger partial charge in [-0.1, -0.05) is 31.4 Å². The maximum Gasteiger partial charge on any atom is 0.167 e. The fourth-order valence-electron chi connectivity index (χ4n) is 5.45. The Kier molecular flexibility index (Phi) is 7.36. The molecular formula is C27H35NO4. The third-order valence-corrected chi connectivity index (χ3v) is 7.10. The van der Waals surface area contributed by atoms with Crippen LogP contribution >= 0.6 is 0 Å². The molecule has 1 N–H and O–H groups in total. The Balaban J connectivity index is 1.60. The van der Waals surface area contributed by atoms with Crippen molar-refractivity contribution in [1.82, 2.24) is 5.32 Å². The van der Waals surface area contributed by atoms with Gasteiger partial charge in [0.2, 0.25) is 0 Å². The van der Waals surface area contributed by atoms with E-state index in [1.54, 1.807) is 14.2 Å². The van der Waals surface area contributed by atoms with Gasteiger partial charge in [-0.15, -0.1) is 0 Å². The van der Waals surface area contributed by atoms with Gasteiger partial charge in [0.05, 0.1) is 20.3 Å². The third kappa shape index (κ3) is 5.26. The average molecular weight is 438 g/mol. The second kappa shape index (κ2) is 10.4. The number of hydrogen-bond acceptors (Lipinski definition) is 5. The van der Waals surface area contributed by atoms with E-state index in [4.69, 9.17) is 14.2 Å². The molecule has 4 rings (SSSR count). The number of rotatable bonds is 9. The second-order valence-corrected chi connectivity index (χ2v) is 9.23. The maximum atomic E-state index is 11.2. The summed E-state index contributed by atoms with van der Waals surface area (Å²) in [5.74, 6) is 4.11. The molecule has 5 heteroatoms. The lowest BCUT2D eigenvalue weighted by Crippen LogP contribution is -2.39. The van der Waals surface area contributed by atoms with E-state index in [9.17, 15) is 4.79 Å². The Morgan fingerprint density at radius 1 is 0.969 bits per heavy atom. The number of nitrogens with one attached hydrogen (secondary N) is 1. The van der Waals surface area contributed by atoms with Gasteiger partial charge in [0.15, 0.2) is 5.78 Å². The molecule has 0 radical (unpaired) electrons. The SMILES string of the molecule is COc1ccc(C(N[C@H]2CC[C@H]3CCCC3C2)c2ccc(OCC(C)=O)cc2)c(OC)c1. The Bertz CT molecular complexity index is 910. The zero-order valence-electron chi connectivity index (χ0n) is 19.4. The van der Waals surface area contributed by atoms with Crippen molar-refractivity contribution in [3.05, 3.63) is 53.6 Å². The molecule has 4 atom stereocenters. The summed E-state index contributed by atoms with van der Waals surface area (Å²) in [5, 5.41) is 3.97. The fraction of sp³-hybridized carbons (Fsp3) is 0.519. The van der Waals surface area contributed by atoms with E-state index >= 15 is 0 Å². The van der Waals surface area contributed by atoms with Gasteiger partial charge in [-0.3, -0.25) is 4.79 Å². The van der Waals surface area contributed by atoms with Crippen LogP contribution in [0.15, 0.2) is 42.5 Å². The lowest BCUT2D eigenvalue weighted by Gasteiger charge is -2.35. The standard InChI is InChI=1S/C27H35NO4/c1-18(29)17-32-23-11-8-20(9-12-23)27(25-14-13-24(30-2)16-26(25)31-3)28-22-10-7-19-5-4-6-21(19)15-22/h8-9,11-14,16,19,21-22,27-28H,4-7,10,15,17H2,1-3H3/t19-,21?,22+,27?/m1/s1. The summed E-state index contributed by atoms with van der Waals surface area (Å²) in [6, 6.07) is 14.6. The molecule has 2 aliphatic carbocycles. The van der Waals surface area contributed by atoms with Gasteiger partial charge in [0, 0.05) is 17.7 Å². The van der Waals surface area contributed by atoms with E-state index in [2.05, 4.69) is 23.5 Å². The van der Waals surface area contributed by atoms with E-state index in [0.717, 1.165) is 34.5 Å². The van der Waals surface area contributed by atoms with Gasteiger partial charge < -0.3 is 19.5 Å². The molecular weight excluding hydrogens is 402 g/mol. The first-order valence-electron chi connectivity index (χ1n) is 11.8. The number of ether oxygens (including phenoxy) is 3. The smallest absolute Gasteiger partial charge is 0.167 e. The molecule has 0 aromatic heterocycles. The van der Waals surface area contributed by atoms with Crippen LogP contribution in [0.25, 0.3) is 0 Å². The molecule has 5 nitrogen and oxygen atoms in total. The summed E-state index contributed by atoms with van der Waals surface area (Å²) >= 11 is 0. The minimum atomic E-state index is 0.000617. The lowest BCUT2D eigenvalue weighted by atomic mass is 9.78. The highest BCUT2D eigenvalue weighted by Gasteiger charge is 2.35. The first kappa shape index (κ1) is 22.7. The van der Waals surface area contributed by atoms with Crippen LogP contribution in [0.5, 0.6) is 17.2 Å². The molecule has 0 aliphatic heterocycles. The van der Waals surface area contributed by atoms with Crippen LogP contribution in [0.4, 0.5) is 0 Å². The summed E-state index contributed by atoms with van der Waals surface area (Å²) in [5.41, 5.74) is 2.25. The maximum absolute atomic E-state index is 11.2.